The van der Waals surface area contributed by atoms with Gasteiger partial charge in [0.15, 0.2) is 0 Å². The Kier molecular flexibility index (Phi) is 4.97. The van der Waals surface area contributed by atoms with Crippen molar-refractivity contribution >= 4 is 0 Å². The molecule has 1 N–H and O–H groups in total. The molecule has 1 atom stereocenters. The third-order valence-corrected chi connectivity index (χ3v) is 5.25. The molecule has 23 heavy (non-hydrogen) atoms. The van der Waals surface area contributed by atoms with Crippen LogP contribution in [0.1, 0.15) is 44.9 Å². The van der Waals surface area contributed by atoms with Crippen LogP contribution in [0.15, 0.2) is 0 Å². The summed E-state index contributed by atoms with van der Waals surface area (Å²) in [5.41, 5.74) is 2.93. The van der Waals surface area contributed by atoms with Gasteiger partial charge in [-0.15, -0.1) is 0 Å². The van der Waals surface area contributed by atoms with Gasteiger partial charge in [0.2, 0.25) is 5.88 Å². The van der Waals surface area contributed by atoms with Crippen LogP contribution in [0.3, 0.4) is 0 Å². The first kappa shape index (κ1) is 16.8. The summed E-state index contributed by atoms with van der Waals surface area (Å²) in [7, 11) is 0. The maximum absolute atomic E-state index is 5.98. The Hall–Kier alpha value is -1.07. The number of likely N-dealkylation sites (tertiary alicyclic amines) is 1. The van der Waals surface area contributed by atoms with Gasteiger partial charge in [0, 0.05) is 26.2 Å². The molecule has 3 heterocycles. The molecule has 0 bridgehead atoms. The third-order valence-electron chi connectivity index (χ3n) is 5.25. The average molecular weight is 320 g/mol. The standard InChI is InChI=1S/C18H32N4O/c1-5-23-17-16(15(4)20-22(17)10-14(2)3)11-21-9-7-18(13-21)6-8-19-12-18/h14,19H,5-13H2,1-4H3. The summed E-state index contributed by atoms with van der Waals surface area (Å²) in [6.45, 7) is 16.0. The van der Waals surface area contributed by atoms with Crippen molar-refractivity contribution in [2.75, 3.05) is 32.8 Å². The molecule has 0 saturated carbocycles. The first-order valence-corrected chi connectivity index (χ1v) is 9.15. The highest BCUT2D eigenvalue weighted by Gasteiger charge is 2.40. The molecule has 2 aliphatic heterocycles. The zero-order valence-corrected chi connectivity index (χ0v) is 15.2. The summed E-state index contributed by atoms with van der Waals surface area (Å²) in [6, 6.07) is 0. The first-order valence-electron chi connectivity index (χ1n) is 9.15. The van der Waals surface area contributed by atoms with Crippen molar-refractivity contribution in [3.8, 4) is 5.88 Å². The van der Waals surface area contributed by atoms with Gasteiger partial charge < -0.3 is 10.1 Å². The summed E-state index contributed by atoms with van der Waals surface area (Å²) >= 11 is 0. The normalized spacial score (nSPS) is 25.1. The van der Waals surface area contributed by atoms with Crippen molar-refractivity contribution in [1.29, 1.82) is 0 Å². The lowest BCUT2D eigenvalue weighted by Crippen LogP contribution is -2.29. The van der Waals surface area contributed by atoms with Crippen molar-refractivity contribution < 1.29 is 4.74 Å². The molecule has 1 aromatic rings. The topological polar surface area (TPSA) is 42.3 Å². The van der Waals surface area contributed by atoms with Gasteiger partial charge in [-0.3, -0.25) is 4.90 Å². The van der Waals surface area contributed by atoms with Crippen molar-refractivity contribution in [2.24, 2.45) is 11.3 Å². The van der Waals surface area contributed by atoms with Gasteiger partial charge in [0.05, 0.1) is 17.9 Å². The predicted octanol–water partition coefficient (Wildman–Crippen LogP) is 2.43. The highest BCUT2D eigenvalue weighted by Crippen LogP contribution is 2.37. The van der Waals surface area contributed by atoms with Crippen LogP contribution >= 0.6 is 0 Å². The van der Waals surface area contributed by atoms with Crippen molar-refractivity contribution in [3.63, 3.8) is 0 Å². The zero-order valence-electron chi connectivity index (χ0n) is 15.2. The van der Waals surface area contributed by atoms with E-state index in [1.54, 1.807) is 0 Å². The quantitative estimate of drug-likeness (QED) is 0.874. The number of nitrogens with one attached hydrogen (secondary N) is 1. The minimum absolute atomic E-state index is 0.521. The fourth-order valence-corrected chi connectivity index (χ4v) is 4.08. The highest BCUT2D eigenvalue weighted by molar-refractivity contribution is 5.31. The fourth-order valence-electron chi connectivity index (χ4n) is 4.08. The lowest BCUT2D eigenvalue weighted by atomic mass is 9.86. The Labute approximate surface area is 140 Å². The summed E-state index contributed by atoms with van der Waals surface area (Å²) in [6.07, 6.45) is 2.65. The van der Waals surface area contributed by atoms with Gasteiger partial charge in [0.25, 0.3) is 0 Å². The van der Waals surface area contributed by atoms with E-state index in [0.29, 0.717) is 17.9 Å². The van der Waals surface area contributed by atoms with Crippen LogP contribution in [0.5, 0.6) is 5.88 Å². The SMILES string of the molecule is CCOc1c(CN2CCC3(CCNC3)C2)c(C)nn1CC(C)C. The van der Waals surface area contributed by atoms with Gasteiger partial charge in [0.1, 0.15) is 0 Å². The van der Waals surface area contributed by atoms with Crippen LogP contribution in [0.4, 0.5) is 0 Å². The van der Waals surface area contributed by atoms with E-state index < -0.39 is 0 Å². The molecule has 5 nitrogen and oxygen atoms in total. The lowest BCUT2D eigenvalue weighted by Gasteiger charge is -2.23. The molecule has 2 aliphatic rings. The van der Waals surface area contributed by atoms with Gasteiger partial charge in [-0.25, -0.2) is 4.68 Å². The van der Waals surface area contributed by atoms with Gasteiger partial charge in [-0.1, -0.05) is 13.8 Å². The molecule has 3 rings (SSSR count). The molecule has 0 amide bonds. The van der Waals surface area contributed by atoms with E-state index in [1.807, 2.05) is 0 Å². The van der Waals surface area contributed by atoms with Gasteiger partial charge in [-0.2, -0.15) is 5.10 Å². The summed E-state index contributed by atoms with van der Waals surface area (Å²) in [4.78, 5) is 2.60. The third kappa shape index (κ3) is 3.56. The number of aromatic nitrogens is 2. The molecule has 0 radical (unpaired) electrons. The van der Waals surface area contributed by atoms with Crippen molar-refractivity contribution in [2.45, 2.75) is 53.6 Å². The summed E-state index contributed by atoms with van der Waals surface area (Å²) in [5.74, 6) is 1.56. The number of aryl methyl sites for hydroxylation is 1. The first-order chi connectivity index (χ1) is 11.0. The molecule has 0 aliphatic carbocycles. The monoisotopic (exact) mass is 320 g/mol. The molecule has 1 aromatic heterocycles. The van der Waals surface area contributed by atoms with E-state index in [4.69, 9.17) is 9.84 Å². The van der Waals surface area contributed by atoms with E-state index in [1.165, 1.54) is 44.6 Å². The number of hydrogen-bond donors (Lipinski definition) is 1. The van der Waals surface area contributed by atoms with E-state index in [-0.39, 0.29) is 0 Å². The molecule has 2 fully saturated rings. The average Bonchev–Trinajstić information content (AvgIpc) is 3.17. The minimum atomic E-state index is 0.521. The maximum Gasteiger partial charge on any atom is 0.216 e. The van der Waals surface area contributed by atoms with E-state index >= 15 is 0 Å². The van der Waals surface area contributed by atoms with Crippen LogP contribution in [0.25, 0.3) is 0 Å². The number of hydrogen-bond acceptors (Lipinski definition) is 4. The molecule has 5 heteroatoms. The molecule has 2 saturated heterocycles. The largest absolute Gasteiger partial charge is 0.478 e. The Balaban J connectivity index is 1.75. The number of nitrogens with zero attached hydrogens (tertiary/aromatic N) is 3. The Morgan fingerprint density at radius 3 is 2.83 bits per heavy atom. The van der Waals surface area contributed by atoms with E-state index in [9.17, 15) is 0 Å². The molecular weight excluding hydrogens is 288 g/mol. The number of ether oxygens (including phenoxy) is 1. The van der Waals surface area contributed by atoms with E-state index in [0.717, 1.165) is 24.7 Å². The van der Waals surface area contributed by atoms with Crippen LogP contribution < -0.4 is 10.1 Å². The molecule has 1 spiro atoms. The van der Waals surface area contributed by atoms with Gasteiger partial charge >= 0.3 is 0 Å². The Morgan fingerprint density at radius 2 is 2.17 bits per heavy atom. The zero-order chi connectivity index (χ0) is 16.4. The highest BCUT2D eigenvalue weighted by atomic mass is 16.5. The van der Waals surface area contributed by atoms with Crippen molar-refractivity contribution in [3.05, 3.63) is 11.3 Å². The second kappa shape index (κ2) is 6.81. The second-order valence-electron chi connectivity index (χ2n) is 7.77. The van der Waals surface area contributed by atoms with Gasteiger partial charge in [-0.05, 0) is 51.1 Å². The Morgan fingerprint density at radius 1 is 1.35 bits per heavy atom. The van der Waals surface area contributed by atoms with Crippen LogP contribution in [0, 0.1) is 18.3 Å². The molecular formula is C18H32N4O. The van der Waals surface area contributed by atoms with Crippen molar-refractivity contribution in [1.82, 2.24) is 20.0 Å². The molecule has 1 unspecified atom stereocenters. The summed E-state index contributed by atoms with van der Waals surface area (Å²) in [5, 5.41) is 8.29. The Bertz CT molecular complexity index is 531. The van der Waals surface area contributed by atoms with Crippen LogP contribution in [-0.4, -0.2) is 47.5 Å². The maximum atomic E-state index is 5.98. The molecule has 130 valence electrons. The molecule has 0 aromatic carbocycles. The lowest BCUT2D eigenvalue weighted by molar-refractivity contribution is 0.255. The van der Waals surface area contributed by atoms with Crippen LogP contribution in [-0.2, 0) is 13.1 Å². The second-order valence-corrected chi connectivity index (χ2v) is 7.77. The van der Waals surface area contributed by atoms with Crippen LogP contribution in [0.2, 0.25) is 0 Å². The predicted molar refractivity (Wildman–Crippen MR) is 92.8 cm³/mol. The fraction of sp³-hybridized carbons (Fsp3) is 0.833. The summed E-state index contributed by atoms with van der Waals surface area (Å²) < 4.78 is 8.05. The minimum Gasteiger partial charge on any atom is -0.478 e. The smallest absolute Gasteiger partial charge is 0.216 e. The van der Waals surface area contributed by atoms with E-state index in [2.05, 4.69) is 42.6 Å². The number of rotatable bonds is 6.